The molecule has 0 aliphatic carbocycles. The van der Waals surface area contributed by atoms with Gasteiger partial charge in [-0.1, -0.05) is 18.2 Å². The summed E-state index contributed by atoms with van der Waals surface area (Å²) in [4.78, 5) is 22.1. The third-order valence-electron chi connectivity index (χ3n) is 3.06. The molecule has 0 aliphatic rings. The predicted molar refractivity (Wildman–Crippen MR) is 89.4 cm³/mol. The molecule has 0 spiro atoms. The van der Waals surface area contributed by atoms with E-state index >= 15 is 0 Å². The number of carbonyl (C=O) groups is 2. The van der Waals surface area contributed by atoms with Crippen molar-refractivity contribution < 1.29 is 34.4 Å². The van der Waals surface area contributed by atoms with Gasteiger partial charge in [-0.05, 0) is 33.3 Å². The second kappa shape index (κ2) is 9.24. The van der Waals surface area contributed by atoms with Crippen LogP contribution in [0.4, 0.5) is 4.79 Å². The topological polar surface area (TPSA) is 125 Å². The maximum atomic E-state index is 11.5. The molecule has 1 amide bonds. The van der Waals surface area contributed by atoms with Crippen LogP contribution in [0.3, 0.4) is 0 Å². The summed E-state index contributed by atoms with van der Waals surface area (Å²) in [6.07, 6.45) is -3.00. The number of hydrogen-bond donors (Lipinski definition) is 4. The number of aliphatic hydroxyl groups is 2. The van der Waals surface area contributed by atoms with Gasteiger partial charge in [0.2, 0.25) is 0 Å². The summed E-state index contributed by atoms with van der Waals surface area (Å²) in [5, 5.41) is 31.5. The van der Waals surface area contributed by atoms with Crippen molar-refractivity contribution in [2.24, 2.45) is 0 Å². The normalized spacial score (nSPS) is 13.6. The highest BCUT2D eigenvalue weighted by Gasteiger charge is 2.22. The summed E-state index contributed by atoms with van der Waals surface area (Å²) in [6.45, 7) is 4.75. The lowest BCUT2D eigenvalue weighted by Gasteiger charge is -2.22. The summed E-state index contributed by atoms with van der Waals surface area (Å²) >= 11 is 0. The number of aliphatic carboxylic acids is 1. The summed E-state index contributed by atoms with van der Waals surface area (Å²) in [5.41, 5.74) is -0.351. The van der Waals surface area contributed by atoms with E-state index in [2.05, 4.69) is 5.32 Å². The Morgan fingerprint density at radius 1 is 1.20 bits per heavy atom. The average Bonchev–Trinajstić information content (AvgIpc) is 2.50. The van der Waals surface area contributed by atoms with Crippen LogP contribution in [0.15, 0.2) is 24.3 Å². The molecule has 0 radical (unpaired) electrons. The molecule has 2 atom stereocenters. The number of para-hydroxylation sites is 1. The van der Waals surface area contributed by atoms with Gasteiger partial charge in [0.25, 0.3) is 0 Å². The number of nitrogens with one attached hydrogen (secondary N) is 1. The number of benzene rings is 1. The van der Waals surface area contributed by atoms with E-state index in [1.54, 1.807) is 32.9 Å². The monoisotopic (exact) mass is 355 g/mol. The van der Waals surface area contributed by atoms with E-state index in [1.807, 2.05) is 0 Å². The van der Waals surface area contributed by atoms with Gasteiger partial charge in [-0.25, -0.2) is 9.59 Å². The van der Waals surface area contributed by atoms with Gasteiger partial charge in [-0.15, -0.1) is 0 Å². The number of amides is 1. The number of aliphatic hydroxyl groups excluding tert-OH is 2. The molecule has 25 heavy (non-hydrogen) atoms. The molecule has 1 aromatic rings. The molecule has 1 rings (SSSR count). The van der Waals surface area contributed by atoms with Crippen molar-refractivity contribution in [3.63, 3.8) is 0 Å². The van der Waals surface area contributed by atoms with Gasteiger partial charge in [-0.2, -0.15) is 0 Å². The number of carboxylic acid groups (broad SMARTS) is 1. The van der Waals surface area contributed by atoms with E-state index in [4.69, 9.17) is 14.6 Å². The van der Waals surface area contributed by atoms with Crippen LogP contribution < -0.4 is 10.1 Å². The zero-order valence-electron chi connectivity index (χ0n) is 14.6. The van der Waals surface area contributed by atoms with Gasteiger partial charge in [0.15, 0.2) is 6.61 Å². The fourth-order valence-electron chi connectivity index (χ4n) is 2.00. The van der Waals surface area contributed by atoms with Crippen LogP contribution in [0.5, 0.6) is 5.75 Å². The summed E-state index contributed by atoms with van der Waals surface area (Å²) in [6, 6.07) is 6.31. The first-order valence-electron chi connectivity index (χ1n) is 7.86. The molecule has 8 heteroatoms. The van der Waals surface area contributed by atoms with Crippen LogP contribution in [0.1, 0.15) is 38.9 Å². The SMILES string of the molecule is CC(C)(C)OC(=O)NCCC(O)C(O)c1ccccc1OCC(=O)O. The Balaban J connectivity index is 2.57. The largest absolute Gasteiger partial charge is 0.482 e. The van der Waals surface area contributed by atoms with Gasteiger partial charge in [-0.3, -0.25) is 0 Å². The minimum absolute atomic E-state index is 0.0771. The standard InChI is InChI=1S/C17H25NO7/c1-17(2,3)25-16(23)18-9-8-12(19)15(22)11-6-4-5-7-13(11)24-10-14(20)21/h4-7,12,15,19,22H,8-10H2,1-3H3,(H,18,23)(H,20,21). The lowest BCUT2D eigenvalue weighted by Crippen LogP contribution is -2.34. The highest BCUT2D eigenvalue weighted by molar-refractivity contribution is 5.68. The van der Waals surface area contributed by atoms with Crippen LogP contribution in [0.2, 0.25) is 0 Å². The second-order valence-corrected chi connectivity index (χ2v) is 6.45. The zero-order chi connectivity index (χ0) is 19.0. The first-order chi connectivity index (χ1) is 11.6. The number of carbonyl (C=O) groups excluding carboxylic acids is 1. The van der Waals surface area contributed by atoms with E-state index in [0.29, 0.717) is 0 Å². The Bertz CT molecular complexity index is 583. The first kappa shape index (κ1) is 20.7. The predicted octanol–water partition coefficient (Wildman–Crippen LogP) is 1.46. The molecule has 8 nitrogen and oxygen atoms in total. The van der Waals surface area contributed by atoms with Crippen LogP contribution >= 0.6 is 0 Å². The Hall–Kier alpha value is -2.32. The van der Waals surface area contributed by atoms with Crippen LogP contribution in [-0.4, -0.2) is 52.2 Å². The van der Waals surface area contributed by atoms with Gasteiger partial charge in [0, 0.05) is 12.1 Å². The number of carboxylic acids is 1. The zero-order valence-corrected chi connectivity index (χ0v) is 14.6. The average molecular weight is 355 g/mol. The minimum Gasteiger partial charge on any atom is -0.482 e. The van der Waals surface area contributed by atoms with Crippen molar-refractivity contribution in [1.82, 2.24) is 5.32 Å². The Labute approximate surface area is 146 Å². The van der Waals surface area contributed by atoms with Gasteiger partial charge in [0.1, 0.15) is 17.5 Å². The quantitative estimate of drug-likeness (QED) is 0.556. The molecule has 0 bridgehead atoms. The van der Waals surface area contributed by atoms with Crippen molar-refractivity contribution in [3.8, 4) is 5.75 Å². The molecule has 1 aromatic carbocycles. The number of ether oxygens (including phenoxy) is 2. The number of alkyl carbamates (subject to hydrolysis) is 1. The van der Waals surface area contributed by atoms with Crippen LogP contribution in [-0.2, 0) is 9.53 Å². The smallest absolute Gasteiger partial charge is 0.407 e. The maximum absolute atomic E-state index is 11.5. The third kappa shape index (κ3) is 7.86. The van der Waals surface area contributed by atoms with Gasteiger partial charge < -0.3 is 30.1 Å². The van der Waals surface area contributed by atoms with Gasteiger partial charge in [0.05, 0.1) is 6.10 Å². The molecule has 140 valence electrons. The molecule has 0 aromatic heterocycles. The maximum Gasteiger partial charge on any atom is 0.407 e. The molecule has 0 fully saturated rings. The molecular weight excluding hydrogens is 330 g/mol. The minimum atomic E-state index is -1.29. The second-order valence-electron chi connectivity index (χ2n) is 6.45. The lowest BCUT2D eigenvalue weighted by molar-refractivity contribution is -0.139. The number of hydrogen-bond acceptors (Lipinski definition) is 6. The summed E-state index contributed by atoms with van der Waals surface area (Å²) < 4.78 is 10.2. The molecule has 0 heterocycles. The fraction of sp³-hybridized carbons (Fsp3) is 0.529. The lowest BCUT2D eigenvalue weighted by atomic mass is 10.0. The molecule has 0 saturated carbocycles. The number of rotatable bonds is 8. The highest BCUT2D eigenvalue weighted by Crippen LogP contribution is 2.28. The Kier molecular flexibility index (Phi) is 7.66. The van der Waals surface area contributed by atoms with E-state index in [9.17, 15) is 19.8 Å². The molecular formula is C17H25NO7. The Morgan fingerprint density at radius 2 is 1.84 bits per heavy atom. The van der Waals surface area contributed by atoms with E-state index in [0.717, 1.165) is 0 Å². The third-order valence-corrected chi connectivity index (χ3v) is 3.06. The fourth-order valence-corrected chi connectivity index (χ4v) is 2.00. The molecule has 2 unspecified atom stereocenters. The van der Waals surface area contributed by atoms with Crippen molar-refractivity contribution >= 4 is 12.1 Å². The summed E-state index contributed by atoms with van der Waals surface area (Å²) in [7, 11) is 0. The van der Waals surface area contributed by atoms with Crippen molar-refractivity contribution in [1.29, 1.82) is 0 Å². The highest BCUT2D eigenvalue weighted by atomic mass is 16.6. The van der Waals surface area contributed by atoms with E-state index in [1.165, 1.54) is 12.1 Å². The van der Waals surface area contributed by atoms with E-state index < -0.39 is 36.5 Å². The van der Waals surface area contributed by atoms with Crippen LogP contribution in [0, 0.1) is 0 Å². The van der Waals surface area contributed by atoms with Crippen molar-refractivity contribution in [3.05, 3.63) is 29.8 Å². The van der Waals surface area contributed by atoms with Crippen molar-refractivity contribution in [2.45, 2.75) is 45.0 Å². The first-order valence-corrected chi connectivity index (χ1v) is 7.86. The summed E-state index contributed by atoms with van der Waals surface area (Å²) in [5.74, 6) is -0.969. The molecule has 4 N–H and O–H groups in total. The molecule has 0 saturated heterocycles. The van der Waals surface area contributed by atoms with Gasteiger partial charge >= 0.3 is 12.1 Å². The molecule has 0 aliphatic heterocycles. The van der Waals surface area contributed by atoms with Crippen molar-refractivity contribution in [2.75, 3.05) is 13.2 Å². The van der Waals surface area contributed by atoms with E-state index in [-0.39, 0.29) is 24.3 Å². The van der Waals surface area contributed by atoms with Crippen LogP contribution in [0.25, 0.3) is 0 Å². The Morgan fingerprint density at radius 3 is 2.44 bits per heavy atom.